The summed E-state index contributed by atoms with van der Waals surface area (Å²) in [4.78, 5) is 1.35. The Morgan fingerprint density at radius 3 is 2.48 bits per heavy atom. The molecule has 1 saturated carbocycles. The van der Waals surface area contributed by atoms with Gasteiger partial charge in [-0.05, 0) is 47.9 Å². The average Bonchev–Trinajstić information content (AvgIpc) is 3.11. The Bertz CT molecular complexity index is 690. The third-order valence-corrected chi connectivity index (χ3v) is 5.28. The number of rotatable bonds is 6. The van der Waals surface area contributed by atoms with Crippen molar-refractivity contribution in [2.24, 2.45) is 11.1 Å². The molecule has 1 aromatic carbocycles. The van der Waals surface area contributed by atoms with Crippen LogP contribution < -0.4 is 10.5 Å². The number of sulfonamides is 1. The zero-order valence-electron chi connectivity index (χ0n) is 11.5. The summed E-state index contributed by atoms with van der Waals surface area (Å²) in [5.41, 5.74) is 1.72. The molecule has 1 fully saturated rings. The van der Waals surface area contributed by atoms with E-state index in [9.17, 15) is 8.42 Å². The molecule has 1 unspecified atom stereocenters. The normalized spacial score (nSPS) is 16.6. The molecule has 0 aliphatic heterocycles. The standard InChI is InChI=1S/C15H18N2O2S2/c16-21(18,19)10-11-3-7-13(8-4-11)17-15(12-5-6-12)14-2-1-9-20-14/h1-4,7-9,12,15,17H,5-6,10H2,(H2,16,18,19). The number of hydrogen-bond donors (Lipinski definition) is 2. The summed E-state index contributed by atoms with van der Waals surface area (Å²) >= 11 is 1.77. The third-order valence-electron chi connectivity index (χ3n) is 3.59. The number of nitrogens with two attached hydrogens (primary N) is 1. The third kappa shape index (κ3) is 4.06. The van der Waals surface area contributed by atoms with E-state index in [1.54, 1.807) is 11.3 Å². The summed E-state index contributed by atoms with van der Waals surface area (Å²) in [7, 11) is -3.47. The highest BCUT2D eigenvalue weighted by Crippen LogP contribution is 2.44. The van der Waals surface area contributed by atoms with Gasteiger partial charge in [0, 0.05) is 10.6 Å². The van der Waals surface area contributed by atoms with Gasteiger partial charge in [0.15, 0.2) is 0 Å². The van der Waals surface area contributed by atoms with Crippen LogP contribution in [-0.4, -0.2) is 8.42 Å². The number of benzene rings is 1. The van der Waals surface area contributed by atoms with Crippen molar-refractivity contribution in [1.82, 2.24) is 0 Å². The van der Waals surface area contributed by atoms with E-state index in [2.05, 4.69) is 22.8 Å². The lowest BCUT2D eigenvalue weighted by Gasteiger charge is -2.18. The van der Waals surface area contributed by atoms with Crippen molar-refractivity contribution in [2.45, 2.75) is 24.6 Å². The summed E-state index contributed by atoms with van der Waals surface area (Å²) < 4.78 is 22.2. The summed E-state index contributed by atoms with van der Waals surface area (Å²) in [5.74, 6) is 0.581. The van der Waals surface area contributed by atoms with Gasteiger partial charge in [-0.3, -0.25) is 0 Å². The van der Waals surface area contributed by atoms with Gasteiger partial charge in [0.2, 0.25) is 10.0 Å². The van der Waals surface area contributed by atoms with Crippen LogP contribution in [0.1, 0.15) is 29.3 Å². The van der Waals surface area contributed by atoms with E-state index in [1.165, 1.54) is 17.7 Å². The Balaban J connectivity index is 1.72. The van der Waals surface area contributed by atoms with Gasteiger partial charge in [-0.15, -0.1) is 11.3 Å². The van der Waals surface area contributed by atoms with E-state index < -0.39 is 10.0 Å². The molecule has 0 amide bonds. The van der Waals surface area contributed by atoms with Crippen LogP contribution in [0.4, 0.5) is 5.69 Å². The van der Waals surface area contributed by atoms with Gasteiger partial charge in [0.05, 0.1) is 11.8 Å². The quantitative estimate of drug-likeness (QED) is 0.858. The van der Waals surface area contributed by atoms with Gasteiger partial charge in [-0.1, -0.05) is 18.2 Å². The molecule has 2 aromatic rings. The first-order valence-corrected chi connectivity index (χ1v) is 9.50. The van der Waals surface area contributed by atoms with Crippen LogP contribution in [0, 0.1) is 5.92 Å². The number of nitrogens with one attached hydrogen (secondary N) is 1. The molecule has 0 radical (unpaired) electrons. The van der Waals surface area contributed by atoms with Crippen molar-refractivity contribution >= 4 is 27.0 Å². The first-order chi connectivity index (χ1) is 10.0. The van der Waals surface area contributed by atoms with Crippen molar-refractivity contribution in [1.29, 1.82) is 0 Å². The molecule has 3 N–H and O–H groups in total. The zero-order valence-corrected chi connectivity index (χ0v) is 13.2. The Morgan fingerprint density at radius 1 is 1.24 bits per heavy atom. The number of anilines is 1. The first kappa shape index (κ1) is 14.6. The highest BCUT2D eigenvalue weighted by Gasteiger charge is 2.32. The summed E-state index contributed by atoms with van der Waals surface area (Å²) in [5, 5.41) is 10.7. The lowest BCUT2D eigenvalue weighted by Crippen LogP contribution is -2.14. The molecular formula is C15H18N2O2S2. The molecule has 0 saturated heterocycles. The van der Waals surface area contributed by atoms with Gasteiger partial charge >= 0.3 is 0 Å². The predicted octanol–water partition coefficient (Wildman–Crippen LogP) is 3.10. The smallest absolute Gasteiger partial charge is 0.213 e. The zero-order chi connectivity index (χ0) is 14.9. The summed E-state index contributed by atoms with van der Waals surface area (Å²) in [6.45, 7) is 0. The minimum absolute atomic E-state index is 0.121. The van der Waals surface area contributed by atoms with E-state index in [-0.39, 0.29) is 5.75 Å². The van der Waals surface area contributed by atoms with E-state index >= 15 is 0 Å². The Kier molecular flexibility index (Phi) is 4.01. The fourth-order valence-electron chi connectivity index (χ4n) is 2.43. The molecule has 1 aliphatic rings. The maximum atomic E-state index is 11.1. The van der Waals surface area contributed by atoms with E-state index in [4.69, 9.17) is 5.14 Å². The van der Waals surface area contributed by atoms with Crippen molar-refractivity contribution in [3.8, 4) is 0 Å². The predicted molar refractivity (Wildman–Crippen MR) is 86.7 cm³/mol. The van der Waals surface area contributed by atoms with Crippen LogP contribution in [0.2, 0.25) is 0 Å². The average molecular weight is 322 g/mol. The summed E-state index contributed by atoms with van der Waals surface area (Å²) in [6.07, 6.45) is 2.53. The molecule has 1 aliphatic carbocycles. The lowest BCUT2D eigenvalue weighted by molar-refractivity contribution is 0.597. The van der Waals surface area contributed by atoms with Crippen LogP contribution in [0.3, 0.4) is 0 Å². The van der Waals surface area contributed by atoms with Crippen LogP contribution in [-0.2, 0) is 15.8 Å². The molecular weight excluding hydrogens is 304 g/mol. The van der Waals surface area contributed by atoms with Gasteiger partial charge in [0.1, 0.15) is 0 Å². The van der Waals surface area contributed by atoms with Gasteiger partial charge in [0.25, 0.3) is 0 Å². The fraction of sp³-hybridized carbons (Fsp3) is 0.333. The van der Waals surface area contributed by atoms with Crippen molar-refractivity contribution in [3.05, 3.63) is 52.2 Å². The molecule has 6 heteroatoms. The minimum Gasteiger partial charge on any atom is -0.377 e. The second-order valence-corrected chi connectivity index (χ2v) is 8.07. The van der Waals surface area contributed by atoms with Gasteiger partial charge < -0.3 is 5.32 Å². The van der Waals surface area contributed by atoms with Gasteiger partial charge in [-0.25, -0.2) is 13.6 Å². The van der Waals surface area contributed by atoms with Crippen molar-refractivity contribution in [2.75, 3.05) is 5.32 Å². The minimum atomic E-state index is -3.47. The van der Waals surface area contributed by atoms with E-state index in [1.807, 2.05) is 24.3 Å². The number of thiophene rings is 1. The highest BCUT2D eigenvalue weighted by atomic mass is 32.2. The van der Waals surface area contributed by atoms with Crippen molar-refractivity contribution < 1.29 is 8.42 Å². The SMILES string of the molecule is NS(=O)(=O)Cc1ccc(NC(c2cccs2)C2CC2)cc1. The van der Waals surface area contributed by atoms with Crippen LogP contribution in [0.25, 0.3) is 0 Å². The maximum Gasteiger partial charge on any atom is 0.213 e. The molecule has 4 nitrogen and oxygen atoms in total. The number of hydrogen-bond acceptors (Lipinski definition) is 4. The molecule has 1 atom stereocenters. The molecule has 112 valence electrons. The maximum absolute atomic E-state index is 11.1. The lowest BCUT2D eigenvalue weighted by atomic mass is 10.1. The van der Waals surface area contributed by atoms with E-state index in [0.29, 0.717) is 17.5 Å². The largest absolute Gasteiger partial charge is 0.377 e. The van der Waals surface area contributed by atoms with E-state index in [0.717, 1.165) is 5.69 Å². The van der Waals surface area contributed by atoms with Gasteiger partial charge in [-0.2, -0.15) is 0 Å². The Morgan fingerprint density at radius 2 is 1.95 bits per heavy atom. The molecule has 0 bridgehead atoms. The Labute approximate surface area is 129 Å². The first-order valence-electron chi connectivity index (χ1n) is 6.90. The molecule has 1 heterocycles. The second kappa shape index (κ2) is 5.79. The topological polar surface area (TPSA) is 72.2 Å². The number of primary sulfonamides is 1. The monoisotopic (exact) mass is 322 g/mol. The van der Waals surface area contributed by atoms with Crippen molar-refractivity contribution in [3.63, 3.8) is 0 Å². The highest BCUT2D eigenvalue weighted by molar-refractivity contribution is 7.88. The Hall–Kier alpha value is -1.37. The molecule has 3 rings (SSSR count). The van der Waals surface area contributed by atoms with Crippen LogP contribution >= 0.6 is 11.3 Å². The molecule has 1 aromatic heterocycles. The molecule has 21 heavy (non-hydrogen) atoms. The van der Waals surface area contributed by atoms with Crippen LogP contribution in [0.5, 0.6) is 0 Å². The fourth-order valence-corrected chi connectivity index (χ4v) is 3.95. The summed E-state index contributed by atoms with van der Waals surface area (Å²) in [6, 6.07) is 12.1. The van der Waals surface area contributed by atoms with Crippen LogP contribution in [0.15, 0.2) is 41.8 Å². The second-order valence-electron chi connectivity index (χ2n) is 5.48. The molecule has 0 spiro atoms.